The van der Waals surface area contributed by atoms with Crippen molar-refractivity contribution in [3.8, 4) is 0 Å². The molecule has 8 N–H and O–H groups in total. The summed E-state index contributed by atoms with van der Waals surface area (Å²) in [7, 11) is 0. The van der Waals surface area contributed by atoms with E-state index in [0.29, 0.717) is 25.9 Å². The second-order valence-corrected chi connectivity index (χ2v) is 20.9. The van der Waals surface area contributed by atoms with E-state index in [0.717, 1.165) is 67.4 Å². The van der Waals surface area contributed by atoms with Crippen LogP contribution in [0.3, 0.4) is 0 Å². The molecule has 22 heteroatoms. The number of amides is 2. The van der Waals surface area contributed by atoms with Crippen LogP contribution in [0.25, 0.3) is 10.9 Å². The Labute approximate surface area is 440 Å². The Morgan fingerprint density at radius 3 is 2.36 bits per heavy atom. The molecule has 4 heterocycles. The molecule has 0 bridgehead atoms. The third-order valence-corrected chi connectivity index (χ3v) is 15.2. The number of benzene rings is 2. The van der Waals surface area contributed by atoms with Crippen molar-refractivity contribution >= 4 is 40.3 Å². The fraction of sp³-hybridized carbons (Fsp3) is 0.630. The lowest BCUT2D eigenvalue weighted by Gasteiger charge is -2.48. The van der Waals surface area contributed by atoms with Gasteiger partial charge in [-0.05, 0) is 93.7 Å². The van der Waals surface area contributed by atoms with Gasteiger partial charge in [-0.25, -0.2) is 9.59 Å². The second kappa shape index (κ2) is 26.3. The largest absolute Gasteiger partial charge is 0.479 e. The molecule has 2 amide bonds. The van der Waals surface area contributed by atoms with Gasteiger partial charge in [0, 0.05) is 61.5 Å². The summed E-state index contributed by atoms with van der Waals surface area (Å²) in [4.78, 5) is 52.3. The number of anilines is 1. The van der Waals surface area contributed by atoms with Crippen LogP contribution in [0.15, 0.2) is 67.0 Å². The summed E-state index contributed by atoms with van der Waals surface area (Å²) in [6, 6.07) is 15.8. The van der Waals surface area contributed by atoms with Crippen LogP contribution in [0.4, 0.5) is 5.69 Å². The number of hydrogen-bond acceptors (Lipinski definition) is 17. The molecule has 2 saturated carbocycles. The van der Waals surface area contributed by atoms with Crippen molar-refractivity contribution in [2.24, 2.45) is 17.8 Å². The molecule has 4 aliphatic rings. The van der Waals surface area contributed by atoms with Crippen LogP contribution in [0.2, 0.25) is 0 Å². The number of aliphatic hydroxyl groups is 5. The number of carbonyl (C=O) groups is 4. The summed E-state index contributed by atoms with van der Waals surface area (Å²) < 4.78 is 41.5. The summed E-state index contributed by atoms with van der Waals surface area (Å²) >= 11 is 0. The van der Waals surface area contributed by atoms with E-state index in [1.807, 2.05) is 43.6 Å². The van der Waals surface area contributed by atoms with Crippen LogP contribution in [-0.4, -0.2) is 167 Å². The van der Waals surface area contributed by atoms with Gasteiger partial charge in [0.1, 0.15) is 36.6 Å². The van der Waals surface area contributed by atoms with Crippen LogP contribution < -0.4 is 10.6 Å². The summed E-state index contributed by atoms with van der Waals surface area (Å²) in [5.41, 5.74) is 2.69. The van der Waals surface area contributed by atoms with Gasteiger partial charge >= 0.3 is 11.9 Å². The predicted octanol–water partition coefficient (Wildman–Crippen LogP) is 3.09. The minimum atomic E-state index is -1.70. The molecule has 2 aliphatic heterocycles. The van der Waals surface area contributed by atoms with Crippen molar-refractivity contribution in [2.75, 3.05) is 18.5 Å². The molecule has 0 radical (unpaired) electrons. The van der Waals surface area contributed by atoms with Crippen LogP contribution in [0.1, 0.15) is 101 Å². The summed E-state index contributed by atoms with van der Waals surface area (Å²) in [5.74, 6) is -3.73. The summed E-state index contributed by atoms with van der Waals surface area (Å²) in [6.45, 7) is 5.72. The number of aromatic nitrogens is 4. The fourth-order valence-corrected chi connectivity index (χ4v) is 11.1. The predicted molar refractivity (Wildman–Crippen MR) is 271 cm³/mol. The Hall–Kier alpha value is -5.40. The van der Waals surface area contributed by atoms with Gasteiger partial charge in [0.05, 0.1) is 36.2 Å². The minimum absolute atomic E-state index is 0.0217. The molecule has 22 nitrogen and oxygen atoms in total. The average molecular weight is 1060 g/mol. The van der Waals surface area contributed by atoms with Crippen molar-refractivity contribution in [3.05, 3.63) is 78.2 Å². The smallest absolute Gasteiger partial charge is 0.338 e. The van der Waals surface area contributed by atoms with E-state index in [9.17, 15) is 49.8 Å². The standard InChI is InChI=1S/C54H74N6O16/c1-30-24-36(50(67)55-20-10-16-38-28-60(58-57-38)22-11-21-59-23-19-35-26-37(56-32(3)62)17-18-39(35)59)27-40(47(30)76-53-46(66)45(65)43(63)31(2)71-53)73-54-49(75-52(70)34-14-8-5-9-15-34)48(44(64)42(29-61)74-54)72-41(51(68)69)25-33-12-6-4-7-13-33/h5,8-9,14-15,17-19,23,26,28,30-31,33,36,40-49,53-54,61,63-66H,4,6-7,10-13,16,20-22,24-25,27,29H2,1-3H3,(H,55,67)(H,56,62)(H,68,69)/t30?,31?,36?,40-,41+,42?,43-,44+,45?,46?,47?,48?,49?,53+,54-/m1/s1. The number of carboxylic acid groups (broad SMARTS) is 1. The van der Waals surface area contributed by atoms with Crippen molar-refractivity contribution < 1.29 is 78.2 Å². The second-order valence-electron chi connectivity index (χ2n) is 20.9. The number of aliphatic carboxylic acids is 1. The zero-order chi connectivity index (χ0) is 54.0. The summed E-state index contributed by atoms with van der Waals surface area (Å²) in [6.07, 6.45) is -7.99. The average Bonchev–Trinajstić information content (AvgIpc) is 4.06. The SMILES string of the molecule is CC(=O)Nc1ccc2c(ccn2CCCn2cc(CCCNC(=O)C3CC(C)C(O[C@@H]4OC(C)[C@@H](O)C(O)C4O)[C@H](O[C@@H]4OC(CO)[C@H](O)C(O[C@@H](CC5CCCCC5)C(=O)O)C4OC(=O)c4ccccc4)C3)nn2)c1. The third kappa shape index (κ3) is 14.2. The third-order valence-electron chi connectivity index (χ3n) is 15.2. The molecule has 15 atom stereocenters. The Bertz CT molecular complexity index is 2540. The number of rotatable bonds is 22. The normalized spacial score (nSPS) is 30.6. The molecule has 8 rings (SSSR count). The number of aryl methyl sites for hydroxylation is 3. The van der Waals surface area contributed by atoms with E-state index in [1.54, 1.807) is 22.9 Å². The number of carbonyl (C=O) groups excluding carboxylic acids is 3. The maximum Gasteiger partial charge on any atom is 0.338 e. The zero-order valence-corrected chi connectivity index (χ0v) is 43.2. The first-order valence-electron chi connectivity index (χ1n) is 26.7. The molecule has 2 aromatic heterocycles. The van der Waals surface area contributed by atoms with Crippen LogP contribution in [0.5, 0.6) is 0 Å². The maximum atomic E-state index is 14.1. The van der Waals surface area contributed by atoms with Gasteiger partial charge < -0.3 is 74.3 Å². The van der Waals surface area contributed by atoms with E-state index < -0.39 is 110 Å². The van der Waals surface area contributed by atoms with E-state index >= 15 is 0 Å². The van der Waals surface area contributed by atoms with E-state index in [2.05, 4.69) is 25.5 Å². The first kappa shape index (κ1) is 56.8. The van der Waals surface area contributed by atoms with Crippen LogP contribution >= 0.6 is 0 Å². The Balaban J connectivity index is 0.951. The summed E-state index contributed by atoms with van der Waals surface area (Å²) in [5, 5.41) is 80.6. The van der Waals surface area contributed by atoms with Crippen LogP contribution in [0, 0.1) is 17.8 Å². The lowest BCUT2D eigenvalue weighted by molar-refractivity contribution is -0.349. The number of nitrogens with one attached hydrogen (secondary N) is 2. The van der Waals surface area contributed by atoms with Gasteiger partial charge in [0.25, 0.3) is 0 Å². The fourth-order valence-electron chi connectivity index (χ4n) is 11.1. The lowest BCUT2D eigenvalue weighted by Crippen LogP contribution is -2.64. The highest BCUT2D eigenvalue weighted by Gasteiger charge is 2.54. The van der Waals surface area contributed by atoms with Crippen molar-refractivity contribution in [1.82, 2.24) is 24.9 Å². The highest BCUT2D eigenvalue weighted by atomic mass is 16.7. The first-order chi connectivity index (χ1) is 36.6. The number of esters is 1. The number of aliphatic hydroxyl groups excluding tert-OH is 5. The molecule has 9 unspecified atom stereocenters. The van der Waals surface area contributed by atoms with Gasteiger partial charge in [-0.15, -0.1) is 5.10 Å². The van der Waals surface area contributed by atoms with Crippen molar-refractivity contribution in [1.29, 1.82) is 0 Å². The molecule has 4 aromatic rings. The van der Waals surface area contributed by atoms with Crippen molar-refractivity contribution in [3.63, 3.8) is 0 Å². The molecule has 0 spiro atoms. The lowest BCUT2D eigenvalue weighted by atomic mass is 9.77. The van der Waals surface area contributed by atoms with Gasteiger partial charge in [0.2, 0.25) is 11.8 Å². The zero-order valence-electron chi connectivity index (χ0n) is 43.2. The highest BCUT2D eigenvalue weighted by Crippen LogP contribution is 2.39. The molecular weight excluding hydrogens is 989 g/mol. The number of ether oxygens (including phenoxy) is 6. The molecule has 2 aromatic carbocycles. The Morgan fingerprint density at radius 1 is 0.842 bits per heavy atom. The number of carboxylic acids is 1. The first-order valence-corrected chi connectivity index (χ1v) is 26.7. The molecule has 4 fully saturated rings. The van der Waals surface area contributed by atoms with Gasteiger partial charge in [-0.1, -0.05) is 62.4 Å². The van der Waals surface area contributed by atoms with E-state index in [4.69, 9.17) is 28.4 Å². The minimum Gasteiger partial charge on any atom is -0.479 e. The quantitative estimate of drug-likeness (QED) is 0.0414. The molecule has 416 valence electrons. The van der Waals surface area contributed by atoms with Crippen LogP contribution in [-0.2, 0) is 62.3 Å². The topological polar surface area (TPSA) is 305 Å². The van der Waals surface area contributed by atoms with E-state index in [-0.39, 0.29) is 42.6 Å². The Morgan fingerprint density at radius 2 is 1.62 bits per heavy atom. The molecular formula is C54H74N6O16. The highest BCUT2D eigenvalue weighted by molar-refractivity contribution is 5.92. The Kier molecular flexibility index (Phi) is 19.7. The number of hydrogen-bond donors (Lipinski definition) is 8. The number of fused-ring (bicyclic) bond motifs is 1. The van der Waals surface area contributed by atoms with Gasteiger partial charge in [-0.2, -0.15) is 0 Å². The van der Waals surface area contributed by atoms with Crippen molar-refractivity contribution in [2.45, 2.75) is 184 Å². The van der Waals surface area contributed by atoms with Gasteiger partial charge in [-0.3, -0.25) is 14.3 Å². The monoisotopic (exact) mass is 1060 g/mol. The van der Waals surface area contributed by atoms with Gasteiger partial charge in [0.15, 0.2) is 24.8 Å². The molecule has 2 saturated heterocycles. The molecule has 76 heavy (non-hydrogen) atoms. The maximum absolute atomic E-state index is 14.1. The number of nitrogens with zero attached hydrogens (tertiary/aromatic N) is 4. The van der Waals surface area contributed by atoms with E-state index in [1.165, 1.54) is 26.0 Å². The molecule has 2 aliphatic carbocycles.